The van der Waals surface area contributed by atoms with E-state index in [1.165, 1.54) is 16.7 Å². The van der Waals surface area contributed by atoms with Gasteiger partial charge in [-0.15, -0.1) is 11.3 Å². The number of hydrogen-bond donors (Lipinski definition) is 0. The molecule has 33 heavy (non-hydrogen) atoms. The van der Waals surface area contributed by atoms with Crippen LogP contribution in [-0.4, -0.2) is 41.4 Å². The molecule has 1 aromatic heterocycles. The average molecular weight is 464 g/mol. The fourth-order valence-electron chi connectivity index (χ4n) is 3.38. The first-order valence-corrected chi connectivity index (χ1v) is 12.0. The predicted octanol–water partition coefficient (Wildman–Crippen LogP) is 6.26. The first kappa shape index (κ1) is 24.6. The smallest absolute Gasteiger partial charge is 0.326 e. The average Bonchev–Trinajstić information content (AvgIpc) is 3.17. The number of aryl methyl sites for hydroxylation is 3. The van der Waals surface area contributed by atoms with Gasteiger partial charge in [0.2, 0.25) is 0 Å². The van der Waals surface area contributed by atoms with Crippen LogP contribution in [0.5, 0.6) is 0 Å². The highest BCUT2D eigenvalue weighted by Crippen LogP contribution is 2.28. The molecule has 0 fully saturated rings. The quantitative estimate of drug-likeness (QED) is 0.236. The molecule has 0 saturated heterocycles. The van der Waals surface area contributed by atoms with E-state index in [0.29, 0.717) is 0 Å². The number of thiazole rings is 1. The van der Waals surface area contributed by atoms with Crippen molar-refractivity contribution in [1.29, 1.82) is 0 Å². The van der Waals surface area contributed by atoms with E-state index in [0.717, 1.165) is 33.9 Å². The van der Waals surface area contributed by atoms with Gasteiger partial charge in [0, 0.05) is 24.4 Å². The molecule has 6 heteroatoms. The van der Waals surface area contributed by atoms with Crippen molar-refractivity contribution in [2.75, 3.05) is 13.6 Å². The Kier molecular flexibility index (Phi) is 7.69. The van der Waals surface area contributed by atoms with Crippen molar-refractivity contribution >= 4 is 29.3 Å². The first-order chi connectivity index (χ1) is 15.5. The molecule has 0 atom stereocenters. The molecule has 0 aliphatic rings. The first-order valence-electron chi connectivity index (χ1n) is 11.1. The van der Waals surface area contributed by atoms with Crippen molar-refractivity contribution in [3.8, 4) is 11.3 Å². The number of aromatic nitrogens is 1. The fraction of sp³-hybridized carbons (Fsp3) is 0.370. The van der Waals surface area contributed by atoms with E-state index in [4.69, 9.17) is 9.72 Å². The summed E-state index contributed by atoms with van der Waals surface area (Å²) >= 11 is 1.69. The number of carbonyl (C=O) groups excluding carboxylic acids is 1. The van der Waals surface area contributed by atoms with Crippen LogP contribution in [0.1, 0.15) is 48.0 Å². The van der Waals surface area contributed by atoms with Crippen molar-refractivity contribution in [2.45, 2.75) is 53.6 Å². The molecule has 0 bridgehead atoms. The van der Waals surface area contributed by atoms with Gasteiger partial charge in [-0.05, 0) is 64.3 Å². The van der Waals surface area contributed by atoms with E-state index in [9.17, 15) is 4.79 Å². The van der Waals surface area contributed by atoms with Gasteiger partial charge in [-0.1, -0.05) is 35.9 Å². The molecular formula is C27H33N3O2S. The number of rotatable bonds is 7. The molecule has 3 aromatic rings. The number of hydrogen-bond acceptors (Lipinski definition) is 5. The second kappa shape index (κ2) is 10.3. The van der Waals surface area contributed by atoms with Crippen LogP contribution in [0, 0.1) is 20.8 Å². The molecule has 0 saturated carbocycles. The summed E-state index contributed by atoms with van der Waals surface area (Å²) in [5.41, 5.74) is 7.35. The lowest BCUT2D eigenvalue weighted by Gasteiger charge is -2.21. The number of aliphatic imine (C=N–C) groups is 1. The van der Waals surface area contributed by atoms with Crippen molar-refractivity contribution in [3.05, 3.63) is 69.0 Å². The van der Waals surface area contributed by atoms with Gasteiger partial charge in [0.25, 0.3) is 0 Å². The number of carbonyl (C=O) groups is 1. The van der Waals surface area contributed by atoms with Gasteiger partial charge in [0.05, 0.1) is 22.7 Å². The molecule has 0 radical (unpaired) electrons. The maximum atomic E-state index is 12.0. The third-order valence-corrected chi connectivity index (χ3v) is 5.94. The molecule has 0 amide bonds. The molecule has 1 heterocycles. The summed E-state index contributed by atoms with van der Waals surface area (Å²) in [6, 6.07) is 12.8. The van der Waals surface area contributed by atoms with E-state index in [1.807, 2.05) is 27.8 Å². The lowest BCUT2D eigenvalue weighted by molar-refractivity contribution is -0.154. The van der Waals surface area contributed by atoms with E-state index < -0.39 is 5.60 Å². The Balaban J connectivity index is 1.67. The summed E-state index contributed by atoms with van der Waals surface area (Å²) < 4.78 is 5.36. The molecule has 0 aliphatic heterocycles. The summed E-state index contributed by atoms with van der Waals surface area (Å²) in [4.78, 5) is 23.2. The Morgan fingerprint density at radius 3 is 2.48 bits per heavy atom. The van der Waals surface area contributed by atoms with E-state index >= 15 is 0 Å². The van der Waals surface area contributed by atoms with Crippen molar-refractivity contribution in [1.82, 2.24) is 9.88 Å². The highest BCUT2D eigenvalue weighted by atomic mass is 32.1. The molecule has 0 unspecified atom stereocenters. The minimum Gasteiger partial charge on any atom is -0.459 e. The minimum atomic E-state index is -0.489. The molecular weight excluding hydrogens is 430 g/mol. The van der Waals surface area contributed by atoms with Crippen LogP contribution in [0.3, 0.4) is 0 Å². The normalized spacial score (nSPS) is 11.7. The minimum absolute atomic E-state index is 0.157. The number of nitrogens with zero attached hydrogens (tertiary/aromatic N) is 3. The number of likely N-dealkylation sites (N-methyl/N-ethyl adjacent to an activating group) is 1. The highest BCUT2D eigenvalue weighted by Gasteiger charge is 2.17. The molecule has 0 aliphatic carbocycles. The summed E-state index contributed by atoms with van der Waals surface area (Å²) in [6.45, 7) is 12.0. The zero-order chi connectivity index (χ0) is 24.2. The van der Waals surface area contributed by atoms with Gasteiger partial charge in [-0.2, -0.15) is 0 Å². The lowest BCUT2D eigenvalue weighted by atomic mass is 10.0. The van der Waals surface area contributed by atoms with E-state index in [2.05, 4.69) is 67.5 Å². The third kappa shape index (κ3) is 7.26. The Labute approximate surface area is 201 Å². The van der Waals surface area contributed by atoms with Crippen molar-refractivity contribution < 1.29 is 9.53 Å². The summed E-state index contributed by atoms with van der Waals surface area (Å²) in [6.07, 6.45) is 2.48. The Hall–Kier alpha value is -2.99. The zero-order valence-corrected chi connectivity index (χ0v) is 21.4. The Bertz CT molecular complexity index is 1140. The van der Waals surface area contributed by atoms with Gasteiger partial charge in [-0.25, -0.2) is 9.98 Å². The fourth-order valence-corrected chi connectivity index (χ4v) is 4.21. The molecule has 3 rings (SSSR count). The third-order valence-electron chi connectivity index (χ3n) is 5.09. The molecule has 0 spiro atoms. The van der Waals surface area contributed by atoms with Crippen molar-refractivity contribution in [2.24, 2.45) is 4.99 Å². The van der Waals surface area contributed by atoms with Crippen molar-refractivity contribution in [3.63, 3.8) is 0 Å². The maximum absolute atomic E-state index is 12.0. The van der Waals surface area contributed by atoms with Crippen LogP contribution in [0.25, 0.3) is 11.3 Å². The van der Waals surface area contributed by atoms with Gasteiger partial charge in [-0.3, -0.25) is 4.79 Å². The van der Waals surface area contributed by atoms with E-state index in [1.54, 1.807) is 22.6 Å². The Morgan fingerprint density at radius 1 is 1.12 bits per heavy atom. The SMILES string of the molecule is Cc1ccc(-c2csc(Cc3cc(C)c(N=CN(C)CC(=O)OC(C)(C)C)cc3C)n2)cc1. The van der Waals surface area contributed by atoms with Crippen LogP contribution in [0.2, 0.25) is 0 Å². The summed E-state index contributed by atoms with van der Waals surface area (Å²) in [5, 5.41) is 3.22. The van der Waals surface area contributed by atoms with Crippen LogP contribution in [0.4, 0.5) is 5.69 Å². The van der Waals surface area contributed by atoms with Crippen LogP contribution in [0.15, 0.2) is 46.8 Å². The van der Waals surface area contributed by atoms with Gasteiger partial charge in [0.15, 0.2) is 0 Å². The highest BCUT2D eigenvalue weighted by molar-refractivity contribution is 7.10. The van der Waals surface area contributed by atoms with Gasteiger partial charge >= 0.3 is 5.97 Å². The number of ether oxygens (including phenoxy) is 1. The zero-order valence-electron chi connectivity index (χ0n) is 20.6. The Morgan fingerprint density at radius 2 is 1.82 bits per heavy atom. The summed E-state index contributed by atoms with van der Waals surface area (Å²) in [7, 11) is 1.82. The largest absolute Gasteiger partial charge is 0.459 e. The molecule has 2 aromatic carbocycles. The standard InChI is InChI=1S/C27H33N3O2S/c1-18-8-10-21(11-9-18)24-16-33-25(29-24)14-22-12-20(3)23(13-19(22)2)28-17-30(7)15-26(31)32-27(4,5)6/h8-13,16-17H,14-15H2,1-7H3. The molecule has 5 nitrogen and oxygen atoms in total. The van der Waals surface area contributed by atoms with Crippen LogP contribution < -0.4 is 0 Å². The monoisotopic (exact) mass is 463 g/mol. The number of benzene rings is 2. The van der Waals surface area contributed by atoms with Crippen LogP contribution >= 0.6 is 11.3 Å². The topological polar surface area (TPSA) is 54.8 Å². The maximum Gasteiger partial charge on any atom is 0.326 e. The lowest BCUT2D eigenvalue weighted by Crippen LogP contribution is -2.32. The summed E-state index contributed by atoms with van der Waals surface area (Å²) in [5.74, 6) is -0.270. The molecule has 174 valence electrons. The number of esters is 1. The molecule has 0 N–H and O–H groups in total. The van der Waals surface area contributed by atoms with Gasteiger partial charge in [0.1, 0.15) is 12.1 Å². The van der Waals surface area contributed by atoms with E-state index in [-0.39, 0.29) is 12.5 Å². The second-order valence-electron chi connectivity index (χ2n) is 9.48. The second-order valence-corrected chi connectivity index (χ2v) is 10.4. The predicted molar refractivity (Wildman–Crippen MR) is 138 cm³/mol. The van der Waals surface area contributed by atoms with Crippen LogP contribution in [-0.2, 0) is 16.0 Å². The van der Waals surface area contributed by atoms with Gasteiger partial charge < -0.3 is 9.64 Å².